The molecule has 3 rings (SSSR count). The Morgan fingerprint density at radius 2 is 2.04 bits per heavy atom. The highest BCUT2D eigenvalue weighted by atomic mass is 32.1. The van der Waals surface area contributed by atoms with Crippen LogP contribution in [0.1, 0.15) is 32.8 Å². The van der Waals surface area contributed by atoms with Crippen LogP contribution in [0.15, 0.2) is 29.1 Å². The average molecular weight is 372 g/mol. The number of anilines is 1. The quantitative estimate of drug-likeness (QED) is 0.705. The zero-order valence-corrected chi connectivity index (χ0v) is 15.2. The van der Waals surface area contributed by atoms with Gasteiger partial charge in [0.2, 0.25) is 5.43 Å². The van der Waals surface area contributed by atoms with Crippen LogP contribution in [0.4, 0.5) is 5.13 Å². The van der Waals surface area contributed by atoms with E-state index >= 15 is 0 Å². The summed E-state index contributed by atoms with van der Waals surface area (Å²) in [6, 6.07) is 6.98. The van der Waals surface area contributed by atoms with Crippen molar-refractivity contribution in [2.75, 3.05) is 12.4 Å². The van der Waals surface area contributed by atoms with Gasteiger partial charge in [-0.15, -0.1) is 0 Å². The van der Waals surface area contributed by atoms with E-state index in [0.29, 0.717) is 28.0 Å². The summed E-state index contributed by atoms with van der Waals surface area (Å²) in [6.45, 7) is 4.01. The van der Waals surface area contributed by atoms with E-state index in [1.807, 2.05) is 13.0 Å². The van der Waals surface area contributed by atoms with E-state index < -0.39 is 17.3 Å². The molecule has 0 atom stereocenters. The van der Waals surface area contributed by atoms with Crippen molar-refractivity contribution in [1.29, 1.82) is 0 Å². The number of nitrogens with one attached hydrogen (secondary N) is 1. The number of carbonyl (C=O) groups excluding carboxylic acids is 2. The molecule has 0 aliphatic carbocycles. The molecule has 2 aromatic heterocycles. The second kappa shape index (κ2) is 7.04. The van der Waals surface area contributed by atoms with Crippen LogP contribution in [0, 0.1) is 6.92 Å². The lowest BCUT2D eigenvalue weighted by Crippen LogP contribution is -2.27. The SMILES string of the molecule is CCn1nc(C(=O)Nc2nc(C)c(C(=O)OC)s2)c(=O)c2ccccc21. The molecule has 0 spiro atoms. The Hall–Kier alpha value is -3.07. The van der Waals surface area contributed by atoms with Gasteiger partial charge in [-0.2, -0.15) is 5.10 Å². The molecule has 9 heteroatoms. The fourth-order valence-electron chi connectivity index (χ4n) is 2.52. The Morgan fingerprint density at radius 1 is 1.31 bits per heavy atom. The number of nitrogens with zero attached hydrogens (tertiary/aromatic N) is 3. The van der Waals surface area contributed by atoms with E-state index in [4.69, 9.17) is 0 Å². The zero-order valence-electron chi connectivity index (χ0n) is 14.4. The summed E-state index contributed by atoms with van der Waals surface area (Å²) in [7, 11) is 1.27. The third-order valence-corrected chi connectivity index (χ3v) is 4.82. The molecule has 0 unspecified atom stereocenters. The summed E-state index contributed by atoms with van der Waals surface area (Å²) in [4.78, 5) is 41.3. The molecule has 0 saturated carbocycles. The molecule has 0 aliphatic rings. The molecule has 134 valence electrons. The molecule has 0 radical (unpaired) electrons. The smallest absolute Gasteiger partial charge is 0.350 e. The standard InChI is InChI=1S/C17H16N4O4S/c1-4-21-11-8-6-5-7-10(11)13(22)12(20-21)15(23)19-17-18-9(2)14(26-17)16(24)25-3/h5-8H,4H2,1-3H3,(H,18,19,23). The first-order chi connectivity index (χ1) is 12.5. The Kier molecular flexibility index (Phi) is 4.81. The first-order valence-corrected chi connectivity index (χ1v) is 8.64. The summed E-state index contributed by atoms with van der Waals surface area (Å²) in [5, 5.41) is 7.33. The number of thiazole rings is 1. The van der Waals surface area contributed by atoms with E-state index in [9.17, 15) is 14.4 Å². The summed E-state index contributed by atoms with van der Waals surface area (Å²) in [5.41, 5.74) is 0.423. The maximum Gasteiger partial charge on any atom is 0.350 e. The van der Waals surface area contributed by atoms with Crippen LogP contribution in [0.25, 0.3) is 10.9 Å². The van der Waals surface area contributed by atoms with Crippen molar-refractivity contribution in [3.8, 4) is 0 Å². The fourth-order valence-corrected chi connectivity index (χ4v) is 3.40. The molecule has 0 aliphatic heterocycles. The molecule has 1 aromatic carbocycles. The van der Waals surface area contributed by atoms with Crippen molar-refractivity contribution in [2.24, 2.45) is 0 Å². The van der Waals surface area contributed by atoms with Gasteiger partial charge in [-0.05, 0) is 26.0 Å². The zero-order chi connectivity index (χ0) is 18.8. The van der Waals surface area contributed by atoms with Gasteiger partial charge in [0, 0.05) is 11.9 Å². The molecule has 1 amide bonds. The molecule has 1 N–H and O–H groups in total. The number of hydrogen-bond acceptors (Lipinski definition) is 7. The number of benzene rings is 1. The summed E-state index contributed by atoms with van der Waals surface area (Å²) < 4.78 is 6.27. The minimum absolute atomic E-state index is 0.199. The van der Waals surface area contributed by atoms with E-state index in [0.717, 1.165) is 11.3 Å². The number of rotatable bonds is 4. The topological polar surface area (TPSA) is 103 Å². The number of fused-ring (bicyclic) bond motifs is 1. The minimum Gasteiger partial charge on any atom is -0.465 e. The highest BCUT2D eigenvalue weighted by molar-refractivity contribution is 7.17. The fraction of sp³-hybridized carbons (Fsp3) is 0.235. The van der Waals surface area contributed by atoms with Crippen LogP contribution in [-0.4, -0.2) is 33.8 Å². The van der Waals surface area contributed by atoms with Crippen molar-refractivity contribution in [2.45, 2.75) is 20.4 Å². The maximum atomic E-state index is 12.6. The van der Waals surface area contributed by atoms with Gasteiger partial charge in [-0.25, -0.2) is 9.78 Å². The molecule has 0 bridgehead atoms. The molecule has 2 heterocycles. The molecule has 26 heavy (non-hydrogen) atoms. The van der Waals surface area contributed by atoms with Gasteiger partial charge < -0.3 is 4.74 Å². The second-order valence-electron chi connectivity index (χ2n) is 5.39. The van der Waals surface area contributed by atoms with Crippen LogP contribution in [0.5, 0.6) is 0 Å². The van der Waals surface area contributed by atoms with Gasteiger partial charge in [0.1, 0.15) is 4.88 Å². The highest BCUT2D eigenvalue weighted by Crippen LogP contribution is 2.23. The van der Waals surface area contributed by atoms with Crippen LogP contribution < -0.4 is 10.7 Å². The number of aromatic nitrogens is 3. The number of esters is 1. The molecule has 8 nitrogen and oxygen atoms in total. The Morgan fingerprint density at radius 3 is 2.73 bits per heavy atom. The number of methoxy groups -OCH3 is 1. The van der Waals surface area contributed by atoms with Gasteiger partial charge in [-0.1, -0.05) is 23.5 Å². The summed E-state index contributed by atoms with van der Waals surface area (Å²) >= 11 is 0.980. The second-order valence-corrected chi connectivity index (χ2v) is 6.39. The van der Waals surface area contributed by atoms with Crippen LogP contribution in [0.3, 0.4) is 0 Å². The minimum atomic E-state index is -0.673. The van der Waals surface area contributed by atoms with Crippen molar-refractivity contribution in [3.05, 3.63) is 50.8 Å². The van der Waals surface area contributed by atoms with Crippen molar-refractivity contribution in [1.82, 2.24) is 14.8 Å². The Balaban J connectivity index is 2.00. The number of carbonyl (C=O) groups is 2. The predicted octanol–water partition coefficient (Wildman–Crippen LogP) is 2.22. The largest absolute Gasteiger partial charge is 0.465 e. The van der Waals surface area contributed by atoms with E-state index in [1.54, 1.807) is 29.8 Å². The van der Waals surface area contributed by atoms with Gasteiger partial charge in [0.05, 0.1) is 18.3 Å². The van der Waals surface area contributed by atoms with Crippen molar-refractivity contribution < 1.29 is 14.3 Å². The number of hydrogen-bond donors (Lipinski definition) is 1. The number of aryl methyl sites for hydroxylation is 2. The first kappa shape index (κ1) is 17.7. The normalized spacial score (nSPS) is 10.7. The number of para-hydroxylation sites is 1. The Labute approximate surface area is 152 Å². The van der Waals surface area contributed by atoms with Crippen molar-refractivity contribution >= 4 is 39.2 Å². The summed E-state index contributed by atoms with van der Waals surface area (Å²) in [5.74, 6) is -1.20. The van der Waals surface area contributed by atoms with Crippen LogP contribution in [0.2, 0.25) is 0 Å². The lowest BCUT2D eigenvalue weighted by Gasteiger charge is -2.09. The van der Waals surface area contributed by atoms with Crippen LogP contribution >= 0.6 is 11.3 Å². The molecule has 0 fully saturated rings. The molecular weight excluding hydrogens is 356 g/mol. The maximum absolute atomic E-state index is 12.6. The monoisotopic (exact) mass is 372 g/mol. The number of amides is 1. The molecular formula is C17H16N4O4S. The number of ether oxygens (including phenoxy) is 1. The van der Waals surface area contributed by atoms with E-state index in [1.165, 1.54) is 7.11 Å². The summed E-state index contributed by atoms with van der Waals surface area (Å²) in [6.07, 6.45) is 0. The molecule has 0 saturated heterocycles. The third-order valence-electron chi connectivity index (χ3n) is 3.77. The third kappa shape index (κ3) is 3.08. The van der Waals surface area contributed by atoms with Crippen LogP contribution in [-0.2, 0) is 11.3 Å². The van der Waals surface area contributed by atoms with E-state index in [-0.39, 0.29) is 10.8 Å². The van der Waals surface area contributed by atoms with Gasteiger partial charge in [0.15, 0.2) is 10.8 Å². The van der Waals surface area contributed by atoms with E-state index in [2.05, 4.69) is 20.1 Å². The molecule has 3 aromatic rings. The van der Waals surface area contributed by atoms with Gasteiger partial charge >= 0.3 is 5.97 Å². The van der Waals surface area contributed by atoms with Crippen molar-refractivity contribution in [3.63, 3.8) is 0 Å². The average Bonchev–Trinajstić information content (AvgIpc) is 3.01. The van der Waals surface area contributed by atoms with Gasteiger partial charge in [0.25, 0.3) is 5.91 Å². The predicted molar refractivity (Wildman–Crippen MR) is 97.8 cm³/mol. The lowest BCUT2D eigenvalue weighted by atomic mass is 10.2. The highest BCUT2D eigenvalue weighted by Gasteiger charge is 2.21. The van der Waals surface area contributed by atoms with Gasteiger partial charge in [-0.3, -0.25) is 19.6 Å². The Bertz CT molecular complexity index is 1070. The lowest BCUT2D eigenvalue weighted by molar-refractivity contribution is 0.0605. The first-order valence-electron chi connectivity index (χ1n) is 7.83.